The molecule has 0 fully saturated rings. The van der Waals surface area contributed by atoms with Gasteiger partial charge in [0.25, 0.3) is 5.08 Å². The first-order chi connectivity index (χ1) is 7.08. The van der Waals surface area contributed by atoms with Crippen LogP contribution in [0, 0.1) is 0 Å². The summed E-state index contributed by atoms with van der Waals surface area (Å²) in [6, 6.07) is 0. The van der Waals surface area contributed by atoms with E-state index < -0.39 is 26.8 Å². The Morgan fingerprint density at radius 2 is 1.32 bits per heavy atom. The molecule has 0 saturated carbocycles. The van der Waals surface area contributed by atoms with Gasteiger partial charge in [0.1, 0.15) is 0 Å². The molecule has 128 valence electrons. The maximum atomic E-state index is 10.9. The molecule has 0 amide bonds. The Kier molecular flexibility index (Phi) is 23.9. The second kappa shape index (κ2) is 13.6. The molecule has 1 aromatic rings. The monoisotopic (exact) mass is 392 g/mol. The van der Waals surface area contributed by atoms with Gasteiger partial charge in [0.2, 0.25) is 0 Å². The third-order valence-corrected chi connectivity index (χ3v) is 5.60. The Morgan fingerprint density at radius 1 is 0.955 bits per heavy atom. The van der Waals surface area contributed by atoms with Crippen LogP contribution in [-0.4, -0.2) is 120 Å². The number of nitrogens with zero attached hydrogens (tertiary/aromatic N) is 2. The first-order valence-corrected chi connectivity index (χ1v) is 7.10. The molecule has 0 aliphatic heterocycles. The Hall–Kier alpha value is 1.31. The van der Waals surface area contributed by atoms with Gasteiger partial charge in [-0.25, -0.2) is 4.98 Å². The van der Waals surface area contributed by atoms with Crippen molar-refractivity contribution in [2.45, 2.75) is 11.6 Å². The fourth-order valence-corrected chi connectivity index (χ4v) is 3.03. The molecule has 13 nitrogen and oxygen atoms in total. The summed E-state index contributed by atoms with van der Waals surface area (Å²) in [5.41, 5.74) is 0. The van der Waals surface area contributed by atoms with E-state index in [2.05, 4.69) is 4.98 Å². The van der Waals surface area contributed by atoms with Gasteiger partial charge in [-0.05, 0) is 0 Å². The van der Waals surface area contributed by atoms with Gasteiger partial charge in [-0.15, -0.1) is 0 Å². The van der Waals surface area contributed by atoms with Crippen molar-refractivity contribution < 1.29 is 55.7 Å². The topological polar surface area (TPSA) is 279 Å². The first-order valence-electron chi connectivity index (χ1n) is 3.87. The van der Waals surface area contributed by atoms with Gasteiger partial charge in [0.05, 0.1) is 12.9 Å². The molecule has 1 aromatic heterocycles. The molecule has 0 aliphatic rings. The van der Waals surface area contributed by atoms with Crippen molar-refractivity contribution in [2.24, 2.45) is 0 Å². The third kappa shape index (κ3) is 8.97. The van der Waals surface area contributed by atoms with Crippen molar-refractivity contribution in [3.63, 3.8) is 0 Å². The van der Waals surface area contributed by atoms with Crippen LogP contribution in [0.2, 0.25) is 0 Å². The number of hydrogen-bond donors (Lipinski definition) is 5. The summed E-state index contributed by atoms with van der Waals surface area (Å²) in [5, 5.41) is 6.04. The van der Waals surface area contributed by atoms with E-state index in [0.29, 0.717) is 0 Å². The molecule has 17 heteroatoms. The summed E-state index contributed by atoms with van der Waals surface area (Å²) in [6.07, 6.45) is 3.51. The zero-order valence-corrected chi connectivity index (χ0v) is 11.6. The Balaban J connectivity index is -0.000000107. The van der Waals surface area contributed by atoms with Crippen LogP contribution in [-0.2, 0) is 15.7 Å². The van der Waals surface area contributed by atoms with Gasteiger partial charge >= 0.3 is 74.3 Å². The molecular formula is C5H20N2Na2O11P2. The van der Waals surface area contributed by atoms with E-state index in [1.807, 2.05) is 0 Å². The number of aromatic nitrogens is 2. The molecule has 0 bridgehead atoms. The summed E-state index contributed by atoms with van der Waals surface area (Å²) >= 11 is 0. The van der Waals surface area contributed by atoms with Crippen molar-refractivity contribution in [3.8, 4) is 0 Å². The van der Waals surface area contributed by atoms with Gasteiger partial charge in [-0.3, -0.25) is 9.13 Å². The number of aliphatic hydroxyl groups is 1. The quantitative estimate of drug-likeness (QED) is 0.242. The van der Waals surface area contributed by atoms with Gasteiger partial charge in [-0.1, -0.05) is 0 Å². The van der Waals surface area contributed by atoms with Crippen molar-refractivity contribution in [3.05, 3.63) is 18.7 Å². The predicted octanol–water partition coefficient (Wildman–Crippen LogP) is -5.71. The fourth-order valence-electron chi connectivity index (χ4n) is 0.979. The summed E-state index contributed by atoms with van der Waals surface area (Å²) in [5.74, 6) is 0. The molecule has 22 heavy (non-hydrogen) atoms. The second-order valence-electron chi connectivity index (χ2n) is 3.10. The molecule has 0 spiro atoms. The summed E-state index contributed by atoms with van der Waals surface area (Å²) in [4.78, 5) is 38.7. The van der Waals surface area contributed by atoms with Crippen LogP contribution in [0.1, 0.15) is 0 Å². The minimum atomic E-state index is -5.41. The van der Waals surface area contributed by atoms with E-state index in [4.69, 9.17) is 19.6 Å². The Bertz CT molecular complexity index is 437. The van der Waals surface area contributed by atoms with E-state index in [-0.39, 0.29) is 81.0 Å². The molecule has 0 aromatic carbocycles. The molecule has 1 heterocycles. The van der Waals surface area contributed by atoms with E-state index in [0.717, 1.165) is 10.9 Å². The van der Waals surface area contributed by atoms with E-state index in [1.165, 1.54) is 12.4 Å². The van der Waals surface area contributed by atoms with E-state index in [9.17, 15) is 14.2 Å². The Morgan fingerprint density at radius 3 is 1.55 bits per heavy atom. The molecule has 0 atom stereocenters. The normalized spacial score (nSPS) is 10.2. The van der Waals surface area contributed by atoms with Crippen molar-refractivity contribution in [1.82, 2.24) is 9.55 Å². The molecule has 0 aliphatic carbocycles. The van der Waals surface area contributed by atoms with Crippen molar-refractivity contribution in [2.75, 3.05) is 0 Å². The maximum absolute atomic E-state index is 10.9. The van der Waals surface area contributed by atoms with Crippen LogP contribution in [0.3, 0.4) is 0 Å². The summed E-state index contributed by atoms with van der Waals surface area (Å²) in [6.45, 7) is -0.957. The van der Waals surface area contributed by atoms with Crippen LogP contribution < -0.4 is 0 Å². The number of imidazole rings is 1. The molecule has 0 unspecified atom stereocenters. The van der Waals surface area contributed by atoms with E-state index >= 15 is 0 Å². The standard InChI is InChI=1S/C5H10N2O7P2.2Na.4H2O.2H/c8-5(15(9,10)11,16(12,13)14)3-7-2-1-6-4-7;;;;;;;;/h1-2,4,8H,3H2,(H2,9,10,11)(H2,12,13,14);;;4*1H2;;. The predicted molar refractivity (Wildman–Crippen MR) is 80.0 cm³/mol. The van der Waals surface area contributed by atoms with Crippen molar-refractivity contribution in [1.29, 1.82) is 0 Å². The van der Waals surface area contributed by atoms with Crippen LogP contribution in [0.15, 0.2) is 18.7 Å². The van der Waals surface area contributed by atoms with Crippen molar-refractivity contribution >= 4 is 74.3 Å². The number of rotatable bonds is 4. The van der Waals surface area contributed by atoms with Gasteiger partial charge in [0, 0.05) is 12.4 Å². The van der Waals surface area contributed by atoms with Crippen LogP contribution in [0.4, 0.5) is 0 Å². The summed E-state index contributed by atoms with van der Waals surface area (Å²) in [7, 11) is -10.8. The first kappa shape index (κ1) is 38.7. The zero-order valence-electron chi connectivity index (χ0n) is 9.78. The SMILES string of the molecule is O.O.O.O.O=P(O)(O)C(O)(Cn1ccnc1)P(=O)(O)O.[NaH].[NaH]. The number of hydrogen-bond acceptors (Lipinski definition) is 4. The van der Waals surface area contributed by atoms with Gasteiger partial charge in [-0.2, -0.15) is 0 Å². The average Bonchev–Trinajstić information content (AvgIpc) is 2.52. The Labute approximate surface area is 168 Å². The second-order valence-corrected chi connectivity index (χ2v) is 7.11. The minimum absolute atomic E-state index is 0. The molecule has 0 saturated heterocycles. The molecule has 13 N–H and O–H groups in total. The average molecular weight is 392 g/mol. The van der Waals surface area contributed by atoms with E-state index in [1.54, 1.807) is 0 Å². The van der Waals surface area contributed by atoms with Gasteiger partial charge in [0.15, 0.2) is 0 Å². The third-order valence-electron chi connectivity index (χ3n) is 1.89. The fraction of sp³-hybridized carbons (Fsp3) is 0.400. The molecular weight excluding hydrogens is 372 g/mol. The molecule has 0 radical (unpaired) electrons. The summed E-state index contributed by atoms with van der Waals surface area (Å²) < 4.78 is 22.8. The van der Waals surface area contributed by atoms with Crippen LogP contribution >= 0.6 is 15.2 Å². The van der Waals surface area contributed by atoms with Crippen LogP contribution in [0.5, 0.6) is 0 Å². The molecule has 1 rings (SSSR count). The zero-order chi connectivity index (χ0) is 12.6. The van der Waals surface area contributed by atoms with Crippen LogP contribution in [0.25, 0.3) is 0 Å². The van der Waals surface area contributed by atoms with Gasteiger partial charge < -0.3 is 51.2 Å².